The maximum absolute atomic E-state index is 11.6. The molecule has 0 saturated carbocycles. The van der Waals surface area contributed by atoms with Crippen molar-refractivity contribution < 1.29 is 8.42 Å². The van der Waals surface area contributed by atoms with E-state index in [0.717, 1.165) is 0 Å². The maximum Gasteiger partial charge on any atom is 0.296 e. The van der Waals surface area contributed by atoms with Gasteiger partial charge in [0.25, 0.3) is 14.2 Å². The van der Waals surface area contributed by atoms with Crippen molar-refractivity contribution in [2.45, 2.75) is 25.5 Å². The van der Waals surface area contributed by atoms with Crippen LogP contribution in [-0.2, 0) is 15.6 Å². The predicted octanol–water partition coefficient (Wildman–Crippen LogP) is 3.94. The lowest BCUT2D eigenvalue weighted by atomic mass is 10.2. The lowest BCUT2D eigenvalue weighted by molar-refractivity contribution is 0.488. The van der Waals surface area contributed by atoms with Crippen molar-refractivity contribution in [1.29, 1.82) is 0 Å². The van der Waals surface area contributed by atoms with Gasteiger partial charge in [0.1, 0.15) is 0 Å². The minimum atomic E-state index is -3.98. The van der Waals surface area contributed by atoms with Gasteiger partial charge in [-0.2, -0.15) is 0 Å². The molecular formula is C12H12BrCl2N3O2S. The second-order valence-electron chi connectivity index (χ2n) is 4.85. The highest BCUT2D eigenvalue weighted by Crippen LogP contribution is 2.34. The zero-order valence-electron chi connectivity index (χ0n) is 11.2. The van der Waals surface area contributed by atoms with Gasteiger partial charge in [-0.05, 0) is 34.0 Å². The second-order valence-corrected chi connectivity index (χ2v) is 8.54. The summed E-state index contributed by atoms with van der Waals surface area (Å²) in [5.41, 5.74) is 0.589. The normalized spacial score (nSPS) is 12.1. The molecule has 114 valence electrons. The quantitative estimate of drug-likeness (QED) is 0.713. The van der Waals surface area contributed by atoms with E-state index >= 15 is 0 Å². The van der Waals surface area contributed by atoms with Gasteiger partial charge < -0.3 is 0 Å². The molecule has 1 aromatic carbocycles. The van der Waals surface area contributed by atoms with Crippen LogP contribution >= 0.6 is 38.2 Å². The van der Waals surface area contributed by atoms with Crippen LogP contribution in [0.3, 0.4) is 0 Å². The second kappa shape index (κ2) is 6.24. The van der Waals surface area contributed by atoms with Crippen LogP contribution in [0.5, 0.6) is 0 Å². The van der Waals surface area contributed by atoms with Crippen LogP contribution < -0.4 is 0 Å². The van der Waals surface area contributed by atoms with Crippen molar-refractivity contribution in [2.24, 2.45) is 5.92 Å². The fourth-order valence-electron chi connectivity index (χ4n) is 1.87. The molecule has 0 N–H and O–H groups in total. The monoisotopic (exact) mass is 411 g/mol. The summed E-state index contributed by atoms with van der Waals surface area (Å²) in [6.45, 7) is 4.32. The maximum atomic E-state index is 11.6. The van der Waals surface area contributed by atoms with Gasteiger partial charge in [-0.25, -0.2) is 8.42 Å². The molecule has 0 spiro atoms. The summed E-state index contributed by atoms with van der Waals surface area (Å²) in [6.07, 6.45) is 0. The molecule has 2 aromatic rings. The van der Waals surface area contributed by atoms with Gasteiger partial charge in [-0.15, -0.1) is 10.2 Å². The van der Waals surface area contributed by atoms with Crippen molar-refractivity contribution in [3.05, 3.63) is 27.7 Å². The van der Waals surface area contributed by atoms with E-state index in [-0.39, 0.29) is 11.1 Å². The number of rotatable bonds is 4. The van der Waals surface area contributed by atoms with Crippen LogP contribution in [0.1, 0.15) is 13.8 Å². The average molecular weight is 413 g/mol. The average Bonchev–Trinajstić information content (AvgIpc) is 2.75. The lowest BCUT2D eigenvalue weighted by Crippen LogP contribution is -2.12. The summed E-state index contributed by atoms with van der Waals surface area (Å²) in [5, 5.41) is 7.82. The van der Waals surface area contributed by atoms with Crippen LogP contribution in [0.15, 0.2) is 27.8 Å². The Morgan fingerprint density at radius 3 is 2.57 bits per heavy atom. The Balaban J connectivity index is 2.70. The van der Waals surface area contributed by atoms with Crippen molar-refractivity contribution in [2.75, 3.05) is 0 Å². The first-order valence-corrected chi connectivity index (χ1v) is 9.52. The number of hydrogen-bond acceptors (Lipinski definition) is 4. The van der Waals surface area contributed by atoms with Crippen LogP contribution in [0, 0.1) is 5.92 Å². The summed E-state index contributed by atoms with van der Waals surface area (Å²) in [7, 11) is 1.44. The topological polar surface area (TPSA) is 64.8 Å². The Bertz CT molecular complexity index is 775. The first kappa shape index (κ1) is 16.7. The third-order valence-electron chi connectivity index (χ3n) is 2.68. The fourth-order valence-corrected chi connectivity index (χ4v) is 3.36. The zero-order chi connectivity index (χ0) is 15.8. The van der Waals surface area contributed by atoms with Crippen LogP contribution in [-0.4, -0.2) is 23.2 Å². The highest BCUT2D eigenvalue weighted by atomic mass is 79.9. The molecule has 1 heterocycles. The van der Waals surface area contributed by atoms with E-state index in [9.17, 15) is 8.42 Å². The van der Waals surface area contributed by atoms with Crippen molar-refractivity contribution in [3.63, 3.8) is 0 Å². The molecule has 9 heteroatoms. The molecule has 0 amide bonds. The molecule has 0 unspecified atom stereocenters. The summed E-state index contributed by atoms with van der Waals surface area (Å²) in [6, 6.07) is 5.32. The molecule has 0 aliphatic carbocycles. The predicted molar refractivity (Wildman–Crippen MR) is 86.0 cm³/mol. The van der Waals surface area contributed by atoms with E-state index in [2.05, 4.69) is 26.1 Å². The number of halogens is 3. The van der Waals surface area contributed by atoms with Gasteiger partial charge >= 0.3 is 0 Å². The molecule has 21 heavy (non-hydrogen) atoms. The Morgan fingerprint density at radius 1 is 1.33 bits per heavy atom. The Kier molecular flexibility index (Phi) is 4.97. The van der Waals surface area contributed by atoms with Gasteiger partial charge in [-0.1, -0.05) is 31.5 Å². The molecule has 0 aliphatic heterocycles. The summed E-state index contributed by atoms with van der Waals surface area (Å²) in [5.74, 6) is 0.553. The molecule has 0 saturated heterocycles. The van der Waals surface area contributed by atoms with E-state index in [1.54, 1.807) is 18.2 Å². The van der Waals surface area contributed by atoms with E-state index < -0.39 is 9.05 Å². The first-order chi connectivity index (χ1) is 9.71. The highest BCUT2D eigenvalue weighted by molar-refractivity contribution is 9.10. The number of nitrogens with zero attached hydrogens (tertiary/aromatic N) is 3. The third kappa shape index (κ3) is 3.59. The van der Waals surface area contributed by atoms with E-state index in [0.29, 0.717) is 27.4 Å². The summed E-state index contributed by atoms with van der Waals surface area (Å²) >= 11 is 9.58. The zero-order valence-corrected chi connectivity index (χ0v) is 15.1. The van der Waals surface area contributed by atoms with E-state index in [1.807, 2.05) is 13.8 Å². The largest absolute Gasteiger partial charge is 0.297 e. The molecule has 0 atom stereocenters. The molecule has 0 aliphatic rings. The van der Waals surface area contributed by atoms with E-state index in [1.165, 1.54) is 4.57 Å². The third-order valence-corrected chi connectivity index (χ3v) is 5.12. The van der Waals surface area contributed by atoms with Crippen molar-refractivity contribution >= 4 is 47.3 Å². The fraction of sp³-hybridized carbons (Fsp3) is 0.333. The molecule has 5 nitrogen and oxygen atoms in total. The van der Waals surface area contributed by atoms with Gasteiger partial charge in [0.05, 0.1) is 5.02 Å². The SMILES string of the molecule is CC(C)Cn1c(-c2cccc(Br)c2Cl)nnc1S(=O)(=O)Cl. The summed E-state index contributed by atoms with van der Waals surface area (Å²) in [4.78, 5) is 0. The van der Waals surface area contributed by atoms with E-state index in [4.69, 9.17) is 22.3 Å². The Morgan fingerprint density at radius 2 is 2.00 bits per heavy atom. The smallest absolute Gasteiger partial charge is 0.296 e. The van der Waals surface area contributed by atoms with Gasteiger partial charge in [-0.3, -0.25) is 4.57 Å². The first-order valence-electron chi connectivity index (χ1n) is 6.04. The molecule has 0 radical (unpaired) electrons. The standard InChI is InChI=1S/C12H12BrCl2N3O2S/c1-7(2)6-18-11(16-17-12(18)21(15,19)20)8-4-3-5-9(13)10(8)14/h3-5,7H,6H2,1-2H3. The van der Waals surface area contributed by atoms with Crippen LogP contribution in [0.4, 0.5) is 0 Å². The molecule has 1 aromatic heterocycles. The summed E-state index contributed by atoms with van der Waals surface area (Å²) < 4.78 is 25.4. The minimum absolute atomic E-state index is 0.183. The van der Waals surface area contributed by atoms with Gasteiger partial charge in [0.2, 0.25) is 0 Å². The van der Waals surface area contributed by atoms with Crippen molar-refractivity contribution in [3.8, 4) is 11.4 Å². The Labute approximate surface area is 140 Å². The van der Waals surface area contributed by atoms with Crippen molar-refractivity contribution in [1.82, 2.24) is 14.8 Å². The highest BCUT2D eigenvalue weighted by Gasteiger charge is 2.25. The van der Waals surface area contributed by atoms with Crippen LogP contribution in [0.2, 0.25) is 5.02 Å². The number of benzene rings is 1. The van der Waals surface area contributed by atoms with Gasteiger partial charge in [0, 0.05) is 27.3 Å². The minimum Gasteiger partial charge on any atom is -0.297 e. The Hall–Kier alpha value is -0.630. The van der Waals surface area contributed by atoms with Gasteiger partial charge in [0.15, 0.2) is 5.82 Å². The molecular weight excluding hydrogens is 401 g/mol. The number of hydrogen-bond donors (Lipinski definition) is 0. The molecule has 0 bridgehead atoms. The van der Waals surface area contributed by atoms with Crippen LogP contribution in [0.25, 0.3) is 11.4 Å². The molecule has 0 fully saturated rings. The lowest BCUT2D eigenvalue weighted by Gasteiger charge is -2.12. The molecule has 2 rings (SSSR count). The number of aromatic nitrogens is 3.